The predicted molar refractivity (Wildman–Crippen MR) is 70.3 cm³/mol. The van der Waals surface area contributed by atoms with E-state index in [0.717, 1.165) is 30.1 Å². The molecule has 0 aliphatic carbocycles. The third kappa shape index (κ3) is 3.28. The number of nitrogens with one attached hydrogen (secondary N) is 1. The third-order valence-corrected chi connectivity index (χ3v) is 2.70. The first kappa shape index (κ1) is 12.5. The average molecular weight is 243 g/mol. The molecule has 4 nitrogen and oxygen atoms in total. The van der Waals surface area contributed by atoms with E-state index in [9.17, 15) is 0 Å². The largest absolute Gasteiger partial charge is 0.496 e. The van der Waals surface area contributed by atoms with Crippen LogP contribution in [0.2, 0.25) is 0 Å². The highest BCUT2D eigenvalue weighted by Gasteiger charge is 2.02. The maximum absolute atomic E-state index is 5.34. The summed E-state index contributed by atoms with van der Waals surface area (Å²) in [6.45, 7) is 3.56. The molecule has 18 heavy (non-hydrogen) atoms. The standard InChI is InChI=1S/C14H17N3O/c1-11-3-4-14(18-2)12(7-11)8-16-9-13-5-6-15-10-17-13/h3-7,10,16H,8-9H2,1-2H3. The molecule has 0 fully saturated rings. The van der Waals surface area contributed by atoms with E-state index in [1.54, 1.807) is 19.6 Å². The second-order valence-corrected chi connectivity index (χ2v) is 4.12. The first-order valence-electron chi connectivity index (χ1n) is 5.88. The smallest absolute Gasteiger partial charge is 0.123 e. The molecular weight excluding hydrogens is 226 g/mol. The summed E-state index contributed by atoms with van der Waals surface area (Å²) in [6.07, 6.45) is 3.31. The van der Waals surface area contributed by atoms with E-state index in [0.29, 0.717) is 0 Å². The molecule has 0 unspecified atom stereocenters. The van der Waals surface area contributed by atoms with Gasteiger partial charge in [0.25, 0.3) is 0 Å². The summed E-state index contributed by atoms with van der Waals surface area (Å²) in [5.74, 6) is 0.913. The van der Waals surface area contributed by atoms with Crippen molar-refractivity contribution in [2.24, 2.45) is 0 Å². The number of hydrogen-bond donors (Lipinski definition) is 1. The second kappa shape index (κ2) is 6.12. The molecule has 0 radical (unpaired) electrons. The van der Waals surface area contributed by atoms with Crippen LogP contribution < -0.4 is 10.1 Å². The van der Waals surface area contributed by atoms with Crippen molar-refractivity contribution in [3.8, 4) is 5.75 Å². The molecular formula is C14H17N3O. The molecule has 0 bridgehead atoms. The van der Waals surface area contributed by atoms with Gasteiger partial charge in [-0.15, -0.1) is 0 Å². The van der Waals surface area contributed by atoms with E-state index in [2.05, 4.69) is 28.3 Å². The van der Waals surface area contributed by atoms with Gasteiger partial charge in [0, 0.05) is 24.8 Å². The summed E-state index contributed by atoms with van der Waals surface area (Å²) < 4.78 is 5.34. The molecule has 2 rings (SSSR count). The quantitative estimate of drug-likeness (QED) is 0.873. The Balaban J connectivity index is 1.96. The number of aryl methyl sites for hydroxylation is 1. The van der Waals surface area contributed by atoms with Crippen LogP contribution in [0.1, 0.15) is 16.8 Å². The Morgan fingerprint density at radius 1 is 1.22 bits per heavy atom. The summed E-state index contributed by atoms with van der Waals surface area (Å²) in [7, 11) is 1.69. The fourth-order valence-electron chi connectivity index (χ4n) is 1.79. The molecule has 0 spiro atoms. The number of benzene rings is 1. The van der Waals surface area contributed by atoms with Gasteiger partial charge in [-0.1, -0.05) is 17.7 Å². The lowest BCUT2D eigenvalue weighted by Gasteiger charge is -2.10. The van der Waals surface area contributed by atoms with E-state index < -0.39 is 0 Å². The zero-order chi connectivity index (χ0) is 12.8. The fourth-order valence-corrected chi connectivity index (χ4v) is 1.79. The van der Waals surface area contributed by atoms with Crippen molar-refractivity contribution in [3.63, 3.8) is 0 Å². The van der Waals surface area contributed by atoms with E-state index >= 15 is 0 Å². The minimum atomic E-state index is 0.722. The van der Waals surface area contributed by atoms with E-state index in [1.807, 2.05) is 18.2 Å². The Hall–Kier alpha value is -1.94. The van der Waals surface area contributed by atoms with Gasteiger partial charge in [0.15, 0.2) is 0 Å². The average Bonchev–Trinajstić information content (AvgIpc) is 2.40. The molecule has 0 amide bonds. The lowest BCUT2D eigenvalue weighted by Crippen LogP contribution is -2.14. The van der Waals surface area contributed by atoms with Crippen molar-refractivity contribution in [1.29, 1.82) is 0 Å². The van der Waals surface area contributed by atoms with Crippen LogP contribution in [0, 0.1) is 6.92 Å². The number of rotatable bonds is 5. The van der Waals surface area contributed by atoms with Crippen LogP contribution in [0.3, 0.4) is 0 Å². The van der Waals surface area contributed by atoms with Crippen molar-refractivity contribution in [2.45, 2.75) is 20.0 Å². The third-order valence-electron chi connectivity index (χ3n) is 2.70. The number of ether oxygens (including phenoxy) is 1. The normalized spacial score (nSPS) is 10.3. The molecule has 0 saturated carbocycles. The maximum atomic E-state index is 5.34. The molecule has 0 saturated heterocycles. The van der Waals surface area contributed by atoms with Crippen LogP contribution >= 0.6 is 0 Å². The van der Waals surface area contributed by atoms with Crippen LogP contribution in [0.4, 0.5) is 0 Å². The van der Waals surface area contributed by atoms with Gasteiger partial charge in [0.05, 0.1) is 12.8 Å². The molecule has 1 heterocycles. The zero-order valence-corrected chi connectivity index (χ0v) is 10.7. The minimum absolute atomic E-state index is 0.722. The zero-order valence-electron chi connectivity index (χ0n) is 10.7. The molecule has 0 aliphatic rings. The molecule has 1 aromatic heterocycles. The van der Waals surface area contributed by atoms with Crippen molar-refractivity contribution in [2.75, 3.05) is 7.11 Å². The van der Waals surface area contributed by atoms with E-state index in [-0.39, 0.29) is 0 Å². The summed E-state index contributed by atoms with van der Waals surface area (Å²) in [5, 5.41) is 3.35. The highest BCUT2D eigenvalue weighted by molar-refractivity contribution is 5.36. The lowest BCUT2D eigenvalue weighted by atomic mass is 10.1. The number of methoxy groups -OCH3 is 1. The second-order valence-electron chi connectivity index (χ2n) is 4.12. The Bertz CT molecular complexity index is 500. The maximum Gasteiger partial charge on any atom is 0.123 e. The van der Waals surface area contributed by atoms with Gasteiger partial charge < -0.3 is 10.1 Å². The Kier molecular flexibility index (Phi) is 4.25. The fraction of sp³-hybridized carbons (Fsp3) is 0.286. The highest BCUT2D eigenvalue weighted by atomic mass is 16.5. The molecule has 94 valence electrons. The van der Waals surface area contributed by atoms with Gasteiger partial charge >= 0.3 is 0 Å². The van der Waals surface area contributed by atoms with Gasteiger partial charge in [-0.25, -0.2) is 9.97 Å². The van der Waals surface area contributed by atoms with Gasteiger partial charge in [-0.2, -0.15) is 0 Å². The summed E-state index contributed by atoms with van der Waals surface area (Å²) >= 11 is 0. The van der Waals surface area contributed by atoms with Crippen molar-refractivity contribution >= 4 is 0 Å². The van der Waals surface area contributed by atoms with E-state index in [1.165, 1.54) is 5.56 Å². The van der Waals surface area contributed by atoms with Gasteiger partial charge in [-0.05, 0) is 19.1 Å². The van der Waals surface area contributed by atoms with Crippen LogP contribution in [0.25, 0.3) is 0 Å². The van der Waals surface area contributed by atoms with Gasteiger partial charge in [0.1, 0.15) is 12.1 Å². The Labute approximate surface area is 107 Å². The first-order chi connectivity index (χ1) is 8.79. The van der Waals surface area contributed by atoms with Crippen LogP contribution in [-0.4, -0.2) is 17.1 Å². The Morgan fingerprint density at radius 2 is 2.11 bits per heavy atom. The lowest BCUT2D eigenvalue weighted by molar-refractivity contribution is 0.407. The summed E-state index contributed by atoms with van der Waals surface area (Å²) in [5.41, 5.74) is 3.37. The van der Waals surface area contributed by atoms with Crippen molar-refractivity contribution < 1.29 is 4.74 Å². The van der Waals surface area contributed by atoms with E-state index in [4.69, 9.17) is 4.74 Å². The predicted octanol–water partition coefficient (Wildman–Crippen LogP) is 2.08. The summed E-state index contributed by atoms with van der Waals surface area (Å²) in [4.78, 5) is 8.06. The Morgan fingerprint density at radius 3 is 2.83 bits per heavy atom. The minimum Gasteiger partial charge on any atom is -0.496 e. The van der Waals surface area contributed by atoms with Gasteiger partial charge in [0.2, 0.25) is 0 Å². The number of nitrogens with zero attached hydrogens (tertiary/aromatic N) is 2. The molecule has 2 aromatic rings. The molecule has 0 atom stereocenters. The van der Waals surface area contributed by atoms with Crippen LogP contribution in [0.15, 0.2) is 36.8 Å². The first-order valence-corrected chi connectivity index (χ1v) is 5.88. The molecule has 0 aliphatic heterocycles. The molecule has 1 N–H and O–H groups in total. The van der Waals surface area contributed by atoms with Crippen molar-refractivity contribution in [3.05, 3.63) is 53.6 Å². The molecule has 1 aromatic carbocycles. The topological polar surface area (TPSA) is 47.0 Å². The summed E-state index contributed by atoms with van der Waals surface area (Å²) in [6, 6.07) is 8.08. The molecule has 4 heteroatoms. The number of aromatic nitrogens is 2. The van der Waals surface area contributed by atoms with Crippen LogP contribution in [-0.2, 0) is 13.1 Å². The monoisotopic (exact) mass is 243 g/mol. The number of hydrogen-bond acceptors (Lipinski definition) is 4. The van der Waals surface area contributed by atoms with Crippen molar-refractivity contribution in [1.82, 2.24) is 15.3 Å². The van der Waals surface area contributed by atoms with Gasteiger partial charge in [-0.3, -0.25) is 0 Å². The SMILES string of the molecule is COc1ccc(C)cc1CNCc1ccncn1. The van der Waals surface area contributed by atoms with Crippen LogP contribution in [0.5, 0.6) is 5.75 Å². The highest BCUT2D eigenvalue weighted by Crippen LogP contribution is 2.19.